The summed E-state index contributed by atoms with van der Waals surface area (Å²) in [6, 6.07) is 1.84. The molecule has 0 fully saturated rings. The molecule has 0 aromatic carbocycles. The Morgan fingerprint density at radius 2 is 2.35 bits per heavy atom. The van der Waals surface area contributed by atoms with Gasteiger partial charge in [-0.1, -0.05) is 5.16 Å². The highest BCUT2D eigenvalue weighted by atomic mass is 32.1. The highest BCUT2D eigenvalue weighted by molar-refractivity contribution is 7.09. The molecule has 6 heteroatoms. The Kier molecular flexibility index (Phi) is 4.24. The molecule has 0 amide bonds. The van der Waals surface area contributed by atoms with E-state index >= 15 is 0 Å². The molecule has 92 valence electrons. The number of ether oxygens (including phenoxy) is 2. The van der Waals surface area contributed by atoms with Crippen LogP contribution in [0.5, 0.6) is 0 Å². The third kappa shape index (κ3) is 3.36. The Labute approximate surface area is 103 Å². The number of nitrogens with zero attached hydrogens (tertiary/aromatic N) is 2. The Bertz CT molecular complexity index is 441. The molecule has 2 rings (SSSR count). The largest absolute Gasteiger partial charge is 0.375 e. The van der Waals surface area contributed by atoms with Gasteiger partial charge in [0.05, 0.1) is 12.7 Å². The van der Waals surface area contributed by atoms with Crippen molar-refractivity contribution in [1.29, 1.82) is 0 Å². The summed E-state index contributed by atoms with van der Waals surface area (Å²) in [6.45, 7) is 2.80. The second-order valence-corrected chi connectivity index (χ2v) is 4.49. The van der Waals surface area contributed by atoms with E-state index in [0.29, 0.717) is 19.0 Å². The topological polar surface area (TPSA) is 57.4 Å². The van der Waals surface area contributed by atoms with E-state index in [4.69, 9.17) is 14.0 Å². The molecule has 2 aromatic heterocycles. The van der Waals surface area contributed by atoms with Gasteiger partial charge in [-0.3, -0.25) is 0 Å². The summed E-state index contributed by atoms with van der Waals surface area (Å²) in [5.74, 6) is 0.695. The van der Waals surface area contributed by atoms with Crippen LogP contribution in [-0.2, 0) is 22.7 Å². The monoisotopic (exact) mass is 254 g/mol. The van der Waals surface area contributed by atoms with E-state index in [0.717, 1.165) is 10.7 Å². The summed E-state index contributed by atoms with van der Waals surface area (Å²) in [7, 11) is 1.64. The zero-order valence-corrected chi connectivity index (χ0v) is 10.6. The fraction of sp³-hybridized carbons (Fsp3) is 0.455. The van der Waals surface area contributed by atoms with Crippen molar-refractivity contribution < 1.29 is 14.0 Å². The number of rotatable bonds is 6. The van der Waals surface area contributed by atoms with Gasteiger partial charge < -0.3 is 14.0 Å². The van der Waals surface area contributed by atoms with Crippen LogP contribution in [0.15, 0.2) is 22.2 Å². The molecule has 0 aliphatic rings. The van der Waals surface area contributed by atoms with Gasteiger partial charge in [0, 0.05) is 24.8 Å². The average Bonchev–Trinajstić information content (AvgIpc) is 2.99. The summed E-state index contributed by atoms with van der Waals surface area (Å²) < 4.78 is 15.7. The van der Waals surface area contributed by atoms with E-state index in [2.05, 4.69) is 10.1 Å². The number of thiazole rings is 1. The van der Waals surface area contributed by atoms with Gasteiger partial charge >= 0.3 is 0 Å². The Morgan fingerprint density at radius 1 is 1.47 bits per heavy atom. The first-order valence-electron chi connectivity index (χ1n) is 5.24. The molecule has 0 spiro atoms. The molecule has 5 nitrogen and oxygen atoms in total. The summed E-state index contributed by atoms with van der Waals surface area (Å²) >= 11 is 1.57. The van der Waals surface area contributed by atoms with Crippen LogP contribution in [0.2, 0.25) is 0 Å². The molecule has 17 heavy (non-hydrogen) atoms. The Balaban J connectivity index is 1.81. The maximum Gasteiger partial charge on any atom is 0.162 e. The van der Waals surface area contributed by atoms with E-state index in [1.165, 1.54) is 0 Å². The number of hydrogen-bond acceptors (Lipinski definition) is 6. The number of methoxy groups -OCH3 is 1. The van der Waals surface area contributed by atoms with E-state index in [-0.39, 0.29) is 6.10 Å². The molecule has 1 unspecified atom stereocenters. The molecule has 0 radical (unpaired) electrons. The lowest BCUT2D eigenvalue weighted by Gasteiger charge is -2.02. The van der Waals surface area contributed by atoms with Gasteiger partial charge in [0.25, 0.3) is 0 Å². The van der Waals surface area contributed by atoms with E-state index in [9.17, 15) is 0 Å². The lowest BCUT2D eigenvalue weighted by Crippen LogP contribution is -1.95. The first-order chi connectivity index (χ1) is 8.29. The Morgan fingerprint density at radius 3 is 3.06 bits per heavy atom. The van der Waals surface area contributed by atoms with E-state index in [1.807, 2.05) is 18.4 Å². The maximum absolute atomic E-state index is 5.46. The van der Waals surface area contributed by atoms with Crippen LogP contribution >= 0.6 is 11.3 Å². The molecule has 2 aromatic rings. The second kappa shape index (κ2) is 5.90. The predicted octanol–water partition coefficient (Wildman–Crippen LogP) is 2.56. The maximum atomic E-state index is 5.46. The highest BCUT2D eigenvalue weighted by Gasteiger charge is 2.10. The number of hydrogen-bond donors (Lipinski definition) is 0. The van der Waals surface area contributed by atoms with Crippen LogP contribution in [0.1, 0.15) is 29.5 Å². The minimum absolute atomic E-state index is 0.0635. The molecule has 0 saturated carbocycles. The van der Waals surface area contributed by atoms with Crippen molar-refractivity contribution in [3.05, 3.63) is 34.1 Å². The smallest absolute Gasteiger partial charge is 0.162 e. The molecule has 0 saturated heterocycles. The molecule has 0 aliphatic carbocycles. The van der Waals surface area contributed by atoms with Crippen molar-refractivity contribution in [2.24, 2.45) is 0 Å². The summed E-state index contributed by atoms with van der Waals surface area (Å²) in [4.78, 5) is 4.12. The number of aromatic nitrogens is 2. The van der Waals surface area contributed by atoms with E-state index < -0.39 is 0 Å². The third-order valence-electron chi connectivity index (χ3n) is 2.30. The molecular weight excluding hydrogens is 240 g/mol. The third-order valence-corrected chi connectivity index (χ3v) is 3.05. The average molecular weight is 254 g/mol. The van der Waals surface area contributed by atoms with Crippen molar-refractivity contribution in [3.8, 4) is 0 Å². The van der Waals surface area contributed by atoms with Crippen LogP contribution < -0.4 is 0 Å². The first-order valence-corrected chi connectivity index (χ1v) is 6.12. The van der Waals surface area contributed by atoms with Crippen LogP contribution in [0.3, 0.4) is 0 Å². The van der Waals surface area contributed by atoms with Crippen molar-refractivity contribution in [3.63, 3.8) is 0 Å². The van der Waals surface area contributed by atoms with Crippen LogP contribution in [0, 0.1) is 0 Å². The second-order valence-electron chi connectivity index (χ2n) is 3.51. The van der Waals surface area contributed by atoms with Gasteiger partial charge in [0.15, 0.2) is 5.76 Å². The first kappa shape index (κ1) is 12.2. The van der Waals surface area contributed by atoms with Crippen LogP contribution in [0.4, 0.5) is 0 Å². The van der Waals surface area contributed by atoms with Crippen molar-refractivity contribution >= 4 is 11.3 Å². The van der Waals surface area contributed by atoms with Gasteiger partial charge in [0.1, 0.15) is 17.3 Å². The zero-order valence-electron chi connectivity index (χ0n) is 9.75. The van der Waals surface area contributed by atoms with Crippen LogP contribution in [0.25, 0.3) is 0 Å². The minimum atomic E-state index is -0.0635. The van der Waals surface area contributed by atoms with Crippen molar-refractivity contribution in [2.75, 3.05) is 7.11 Å². The van der Waals surface area contributed by atoms with Gasteiger partial charge in [-0.15, -0.1) is 11.3 Å². The fourth-order valence-electron chi connectivity index (χ4n) is 1.27. The van der Waals surface area contributed by atoms with E-state index in [1.54, 1.807) is 24.6 Å². The van der Waals surface area contributed by atoms with Gasteiger partial charge in [-0.25, -0.2) is 4.98 Å². The standard InChI is InChI=1S/C11H14N2O3S/c1-8(14-2)10-5-9(16-13-10)6-15-7-11-12-3-4-17-11/h3-5,8H,6-7H2,1-2H3. The Hall–Kier alpha value is -1.24. The quantitative estimate of drug-likeness (QED) is 0.793. The fourth-order valence-corrected chi connectivity index (χ4v) is 1.82. The normalized spacial score (nSPS) is 12.8. The molecule has 0 N–H and O–H groups in total. The SMILES string of the molecule is COC(C)c1cc(COCc2nccs2)on1. The molecular formula is C11H14N2O3S. The molecule has 2 heterocycles. The van der Waals surface area contributed by atoms with Crippen LogP contribution in [-0.4, -0.2) is 17.3 Å². The predicted molar refractivity (Wildman–Crippen MR) is 62.5 cm³/mol. The molecule has 0 bridgehead atoms. The van der Waals surface area contributed by atoms with Gasteiger partial charge in [0.2, 0.25) is 0 Å². The van der Waals surface area contributed by atoms with Crippen molar-refractivity contribution in [1.82, 2.24) is 10.1 Å². The molecule has 1 atom stereocenters. The molecule has 0 aliphatic heterocycles. The zero-order chi connectivity index (χ0) is 12.1. The lowest BCUT2D eigenvalue weighted by atomic mass is 10.3. The summed E-state index contributed by atoms with van der Waals surface area (Å²) in [5, 5.41) is 6.79. The minimum Gasteiger partial charge on any atom is -0.375 e. The van der Waals surface area contributed by atoms with Crippen molar-refractivity contribution in [2.45, 2.75) is 26.2 Å². The van der Waals surface area contributed by atoms with Gasteiger partial charge in [-0.2, -0.15) is 0 Å². The highest BCUT2D eigenvalue weighted by Crippen LogP contribution is 2.16. The van der Waals surface area contributed by atoms with Gasteiger partial charge in [-0.05, 0) is 6.92 Å². The lowest BCUT2D eigenvalue weighted by molar-refractivity contribution is 0.0871. The summed E-state index contributed by atoms with van der Waals surface area (Å²) in [5.41, 5.74) is 0.778. The summed E-state index contributed by atoms with van der Waals surface area (Å²) in [6.07, 6.45) is 1.70.